The third kappa shape index (κ3) is 8.13. The first-order valence-corrected chi connectivity index (χ1v) is 21.8. The average molecular weight is 753 g/mol. The number of benzene rings is 7. The maximum atomic E-state index is 13.7. The summed E-state index contributed by atoms with van der Waals surface area (Å²) in [7, 11) is -0.259. The summed E-state index contributed by atoms with van der Waals surface area (Å²) in [6.07, 6.45) is 4.61. The van der Waals surface area contributed by atoms with Crippen molar-refractivity contribution in [3.8, 4) is 0 Å². The van der Waals surface area contributed by atoms with E-state index in [4.69, 9.17) is 0 Å². The van der Waals surface area contributed by atoms with Crippen LogP contribution in [0.15, 0.2) is 201 Å². The largest absolute Gasteiger partial charge is 0.288 e. The van der Waals surface area contributed by atoms with Crippen LogP contribution in [-0.4, -0.2) is 6.15 Å². The van der Waals surface area contributed by atoms with Gasteiger partial charge < -0.3 is 0 Å². The molecule has 0 fully saturated rings. The Morgan fingerprint density at radius 3 is 1.45 bits per heavy atom. The van der Waals surface area contributed by atoms with Crippen molar-refractivity contribution in [1.29, 1.82) is 0 Å². The van der Waals surface area contributed by atoms with Crippen molar-refractivity contribution in [2.24, 2.45) is 0 Å². The predicted octanol–water partition coefficient (Wildman–Crippen LogP) is 11.6. The average Bonchev–Trinajstić information content (AvgIpc) is 3.26. The summed E-state index contributed by atoms with van der Waals surface area (Å²) in [5, 5.41) is 1.70. The van der Waals surface area contributed by atoms with Crippen molar-refractivity contribution < 1.29 is 0 Å². The van der Waals surface area contributed by atoms with Crippen LogP contribution in [0.4, 0.5) is 0 Å². The van der Waals surface area contributed by atoms with E-state index >= 15 is 0 Å². The van der Waals surface area contributed by atoms with Crippen LogP contribution < -0.4 is 21.8 Å². The summed E-state index contributed by atoms with van der Waals surface area (Å²) in [6, 6.07) is 65.2. The third-order valence-electron chi connectivity index (χ3n) is 11.0. The summed E-state index contributed by atoms with van der Waals surface area (Å²) in [4.78, 5) is 17.4. The highest BCUT2D eigenvalue weighted by atomic mass is 32.2. The molecule has 0 saturated carbocycles. The summed E-state index contributed by atoms with van der Waals surface area (Å²) >= 11 is 1.75. The lowest BCUT2D eigenvalue weighted by Crippen LogP contribution is -2.66. The van der Waals surface area contributed by atoms with Gasteiger partial charge in [-0.15, -0.1) is 11.3 Å². The van der Waals surface area contributed by atoms with E-state index in [9.17, 15) is 4.79 Å². The highest BCUT2D eigenvalue weighted by Crippen LogP contribution is 2.35. The molecule has 0 aliphatic heterocycles. The lowest BCUT2D eigenvalue weighted by Gasteiger charge is -2.43. The first kappa shape index (κ1) is 38.1. The molecule has 8 aromatic rings. The van der Waals surface area contributed by atoms with Crippen LogP contribution in [0.5, 0.6) is 0 Å². The summed E-state index contributed by atoms with van der Waals surface area (Å²) in [5.41, 5.74) is 7.00. The zero-order chi connectivity index (χ0) is 38.0. The minimum Gasteiger partial charge on any atom is -0.288 e. The van der Waals surface area contributed by atoms with Crippen LogP contribution in [0.2, 0.25) is 6.32 Å². The van der Waals surface area contributed by atoms with Gasteiger partial charge in [0, 0.05) is 26.2 Å². The van der Waals surface area contributed by atoms with Gasteiger partial charge in [-0.25, -0.2) is 0 Å². The number of aryl methyl sites for hydroxylation is 2. The molecular weight excluding hydrogens is 704 g/mol. The first-order chi connectivity index (χ1) is 27.1. The molecule has 0 atom stereocenters. The van der Waals surface area contributed by atoms with Crippen LogP contribution in [-0.2, 0) is 23.7 Å². The van der Waals surface area contributed by atoms with E-state index in [2.05, 4.69) is 203 Å². The molecule has 274 valence electrons. The van der Waals surface area contributed by atoms with E-state index in [0.29, 0.717) is 0 Å². The molecule has 0 saturated heterocycles. The van der Waals surface area contributed by atoms with Gasteiger partial charge in [0.05, 0.1) is 17.0 Å². The van der Waals surface area contributed by atoms with Crippen molar-refractivity contribution in [3.05, 3.63) is 203 Å². The Morgan fingerprint density at radius 2 is 1.00 bits per heavy atom. The molecule has 0 unspecified atom stereocenters. The molecule has 0 N–H and O–H groups in total. The molecule has 0 radical (unpaired) electrons. The highest BCUT2D eigenvalue weighted by molar-refractivity contribution is 7.97. The van der Waals surface area contributed by atoms with Gasteiger partial charge in [0.25, 0.3) is 0 Å². The molecule has 0 amide bonds. The highest BCUT2D eigenvalue weighted by Gasteiger charge is 2.30. The minimum absolute atomic E-state index is 0.158. The fraction of sp³-hybridized carbons (Fsp3) is 0.157. The molecule has 7 aromatic carbocycles. The molecule has 4 heteroatoms. The molecule has 0 bridgehead atoms. The van der Waals surface area contributed by atoms with Crippen molar-refractivity contribution in [2.75, 3.05) is 0 Å². The van der Waals surface area contributed by atoms with Gasteiger partial charge in [-0.1, -0.05) is 167 Å². The quantitative estimate of drug-likeness (QED) is 0.0730. The van der Waals surface area contributed by atoms with E-state index in [1.54, 1.807) is 11.3 Å². The van der Waals surface area contributed by atoms with Crippen LogP contribution in [0.3, 0.4) is 0 Å². The normalized spacial score (nSPS) is 11.4. The predicted molar refractivity (Wildman–Crippen MR) is 243 cm³/mol. The smallest absolute Gasteiger partial charge is 0.196 e. The van der Waals surface area contributed by atoms with E-state index < -0.39 is 6.15 Å². The monoisotopic (exact) mass is 752 g/mol. The van der Waals surface area contributed by atoms with Gasteiger partial charge >= 0.3 is 0 Å². The Balaban J connectivity index is 0.000000179. The zero-order valence-electron chi connectivity index (χ0n) is 32.2. The van der Waals surface area contributed by atoms with Crippen molar-refractivity contribution in [1.82, 2.24) is 0 Å². The summed E-state index contributed by atoms with van der Waals surface area (Å²) in [5.74, 6) is 0. The molecule has 1 heterocycles. The van der Waals surface area contributed by atoms with E-state index in [1.807, 2.05) is 0 Å². The topological polar surface area (TPSA) is 17.1 Å². The number of rotatable bonds is 11. The molecular formula is C51H49BOS2. The lowest BCUT2D eigenvalue weighted by molar-refractivity contribution is 0.874. The number of fused-ring (bicyclic) bond motifs is 2. The second-order valence-electron chi connectivity index (χ2n) is 14.3. The second-order valence-corrected chi connectivity index (χ2v) is 17.4. The van der Waals surface area contributed by atoms with Crippen LogP contribution >= 0.6 is 11.3 Å². The van der Waals surface area contributed by atoms with E-state index in [1.165, 1.54) is 61.4 Å². The van der Waals surface area contributed by atoms with Gasteiger partial charge in [0.2, 0.25) is 0 Å². The van der Waals surface area contributed by atoms with Gasteiger partial charge in [0.1, 0.15) is 0 Å². The van der Waals surface area contributed by atoms with Gasteiger partial charge in [0.15, 0.2) is 20.1 Å². The molecule has 1 aromatic heterocycles. The number of hydrogen-bond donors (Lipinski definition) is 0. The van der Waals surface area contributed by atoms with Crippen molar-refractivity contribution in [3.63, 3.8) is 0 Å². The van der Waals surface area contributed by atoms with Crippen molar-refractivity contribution >= 4 is 64.9 Å². The third-order valence-corrected chi connectivity index (χ3v) is 14.4. The SMILES string of the molecule is CCCC[B-](c1ccccc1)(c1ccccc1)c1ccccc1.CCc1cc(CC)c2sc3ccc([S+](c4ccccc4)c4ccccc4)cc3c(=O)c2c1. The first-order valence-electron chi connectivity index (χ1n) is 19.8. The van der Waals surface area contributed by atoms with Crippen molar-refractivity contribution in [2.45, 2.75) is 67.5 Å². The fourth-order valence-corrected chi connectivity index (χ4v) is 11.5. The Bertz CT molecular complexity index is 2360. The van der Waals surface area contributed by atoms with Crippen LogP contribution in [0.25, 0.3) is 20.2 Å². The van der Waals surface area contributed by atoms with E-state index in [0.717, 1.165) is 33.0 Å². The Morgan fingerprint density at radius 1 is 0.509 bits per heavy atom. The molecule has 55 heavy (non-hydrogen) atoms. The van der Waals surface area contributed by atoms with Crippen LogP contribution in [0, 0.1) is 0 Å². The number of hydrogen-bond acceptors (Lipinski definition) is 2. The lowest BCUT2D eigenvalue weighted by atomic mass is 9.14. The molecule has 0 aliphatic rings. The summed E-state index contributed by atoms with van der Waals surface area (Å²) in [6.45, 7) is 6.60. The standard InChI is InChI=1S/C29H25OS2.C22H24B/c1-3-20-17-21(4-2)29-26(18-20)28(30)25-19-24(15-16-27(25)31-29)32(22-11-7-5-8-12-22)23-13-9-6-10-14-23;1-2-3-19-23(20-13-7-4-8-14-20,21-15-9-5-10-16-21)22-17-11-6-12-18-22/h5-19H,3-4H2,1-2H3;4-18H,2-3,19H2,1H3/q+1;-1. The van der Waals surface area contributed by atoms with Crippen LogP contribution in [0.1, 0.15) is 44.7 Å². The number of unbranched alkanes of at least 4 members (excludes halogenated alkanes) is 1. The Hall–Kier alpha value is -5.16. The van der Waals surface area contributed by atoms with E-state index in [-0.39, 0.29) is 16.3 Å². The zero-order valence-corrected chi connectivity index (χ0v) is 33.8. The van der Waals surface area contributed by atoms with Gasteiger partial charge in [-0.2, -0.15) is 22.7 Å². The molecule has 1 nitrogen and oxygen atoms in total. The van der Waals surface area contributed by atoms with Gasteiger partial charge in [-0.3, -0.25) is 4.79 Å². The maximum absolute atomic E-state index is 13.7. The second kappa shape index (κ2) is 18.0. The molecule has 8 rings (SSSR count). The Kier molecular flexibility index (Phi) is 12.5. The van der Waals surface area contributed by atoms with Gasteiger partial charge in [-0.05, 0) is 66.4 Å². The molecule has 0 aliphatic carbocycles. The fourth-order valence-electron chi connectivity index (χ4n) is 8.12. The summed E-state index contributed by atoms with van der Waals surface area (Å²) < 4.78 is 2.20. The minimum atomic E-state index is -0.913. The Labute approximate surface area is 334 Å². The maximum Gasteiger partial charge on any atom is 0.196 e. The molecule has 0 spiro atoms.